The molecule has 2 heterocycles. The molecule has 5 amide bonds. The molecule has 0 saturated heterocycles. The summed E-state index contributed by atoms with van der Waals surface area (Å²) in [5.74, 6) is -3.01. The van der Waals surface area contributed by atoms with Crippen molar-refractivity contribution in [3.63, 3.8) is 0 Å². The summed E-state index contributed by atoms with van der Waals surface area (Å²) in [6.07, 6.45) is 16.4. The normalized spacial score (nSPS) is 16.0. The van der Waals surface area contributed by atoms with Crippen molar-refractivity contribution in [2.24, 2.45) is 23.7 Å². The number of aliphatic hydroxyl groups is 1. The second-order valence-corrected chi connectivity index (χ2v) is 19.3. The molecule has 0 bridgehead atoms. The number of hydrogen-bond acceptors (Lipinski definition) is 10. The maximum atomic E-state index is 14.4. The first kappa shape index (κ1) is 54.0. The van der Waals surface area contributed by atoms with Crippen LogP contribution in [0.15, 0.2) is 73.2 Å². The largest absolute Gasteiger partial charge is 0.391 e. The molecule has 1 aliphatic rings. The number of nitrogens with one attached hydrogen (secondary N) is 7. The fraction of sp³-hybridized carbons (Fsp3) is 0.596. The van der Waals surface area contributed by atoms with E-state index >= 15 is 0 Å². The van der Waals surface area contributed by atoms with E-state index in [4.69, 9.17) is 0 Å². The minimum Gasteiger partial charge on any atom is -0.391 e. The van der Waals surface area contributed by atoms with Crippen LogP contribution in [-0.2, 0) is 49.8 Å². The quantitative estimate of drug-likeness (QED) is 0.0301. The molecule has 0 aliphatic heterocycles. The Hall–Kier alpha value is -5.97. The number of rotatable bonds is 30. The second-order valence-electron chi connectivity index (χ2n) is 19.3. The molecule has 0 radical (unpaired) electrons. The first-order chi connectivity index (χ1) is 33.4. The van der Waals surface area contributed by atoms with Gasteiger partial charge in [0, 0.05) is 43.8 Å². The Kier molecular flexibility index (Phi) is 22.3. The van der Waals surface area contributed by atoms with Crippen molar-refractivity contribution in [3.8, 4) is 0 Å². The second kappa shape index (κ2) is 28.5. The molecule has 69 heavy (non-hydrogen) atoms. The zero-order valence-corrected chi connectivity index (χ0v) is 41.2. The highest BCUT2D eigenvalue weighted by atomic mass is 16.3. The van der Waals surface area contributed by atoms with Gasteiger partial charge in [-0.05, 0) is 52.7 Å². The molecule has 17 nitrogen and oxygen atoms in total. The maximum Gasteiger partial charge on any atom is 0.246 e. The van der Waals surface area contributed by atoms with Crippen LogP contribution in [-0.4, -0.2) is 95.5 Å². The first-order valence-corrected chi connectivity index (χ1v) is 25.3. The monoisotopic (exact) mass is 952 g/mol. The summed E-state index contributed by atoms with van der Waals surface area (Å²) in [5, 5.41) is 40.2. The van der Waals surface area contributed by atoms with Crippen LogP contribution in [0.3, 0.4) is 0 Å². The number of amides is 5. The fourth-order valence-corrected chi connectivity index (χ4v) is 9.65. The van der Waals surface area contributed by atoms with Gasteiger partial charge in [0.2, 0.25) is 29.5 Å². The molecule has 1 saturated carbocycles. The highest BCUT2D eigenvalue weighted by Gasteiger charge is 2.50. The average Bonchev–Trinajstić information content (AvgIpc) is 4.09. The van der Waals surface area contributed by atoms with E-state index < -0.39 is 53.3 Å². The predicted octanol–water partition coefficient (Wildman–Crippen LogP) is 5.59. The lowest BCUT2D eigenvalue weighted by molar-refractivity contribution is -0.141. The van der Waals surface area contributed by atoms with Crippen molar-refractivity contribution in [2.75, 3.05) is 6.54 Å². The number of carbonyl (C=O) groups is 5. The molecule has 4 aromatic rings. The van der Waals surface area contributed by atoms with E-state index in [2.05, 4.69) is 64.1 Å². The zero-order chi connectivity index (χ0) is 49.4. The fourth-order valence-electron chi connectivity index (χ4n) is 9.65. The van der Waals surface area contributed by atoms with Crippen LogP contribution in [0.5, 0.6) is 0 Å². The summed E-state index contributed by atoms with van der Waals surface area (Å²) in [5.41, 5.74) is 0.738. The molecule has 2 aromatic heterocycles. The molecule has 2 aromatic carbocycles. The topological polar surface area (TPSA) is 249 Å². The standard InChI is InChI=1S/C52H77N11O6/c1-5-6-11-27-41(29-39-23-15-8-16-24-39)48(66)57-43(30-40-25-17-9-18-26-40)50(68)58-44(31-42-32-53-35-56-42)49(67)54-33-45(64)37(4)52(36(2)3,51(69)55-34-46-60-62-63-61-46)59-47(65)28-19-10-14-22-38-20-12-7-13-21-38/h8-9,15-18,23-26,32,35-38,41,43-45,64H,5-7,10-14,19-22,27-31,33-34H2,1-4H3,(H,53,56)(H,54,67)(H,55,69)(H,57,66)(H,58,68)(H,59,65)(H,60,61,62,63)/t37-,41?,43-,44-,45?,52-/m0/s1. The van der Waals surface area contributed by atoms with E-state index in [1.54, 1.807) is 27.0 Å². The Morgan fingerprint density at radius 3 is 2.10 bits per heavy atom. The number of nitrogens with zero attached hydrogens (tertiary/aromatic N) is 4. The number of unbranched alkanes of at least 4 members (excludes halogenated alkanes) is 4. The Morgan fingerprint density at radius 2 is 1.46 bits per heavy atom. The number of carbonyl (C=O) groups excluding carboxylic acids is 5. The summed E-state index contributed by atoms with van der Waals surface area (Å²) >= 11 is 0. The van der Waals surface area contributed by atoms with Crippen LogP contribution in [0.2, 0.25) is 0 Å². The molecular weight excluding hydrogens is 875 g/mol. The van der Waals surface area contributed by atoms with Gasteiger partial charge in [-0.3, -0.25) is 24.0 Å². The van der Waals surface area contributed by atoms with Gasteiger partial charge in [-0.2, -0.15) is 0 Å². The van der Waals surface area contributed by atoms with Gasteiger partial charge in [-0.25, -0.2) is 10.1 Å². The third-order valence-corrected chi connectivity index (χ3v) is 13.8. The maximum absolute atomic E-state index is 14.4. The average molecular weight is 952 g/mol. The van der Waals surface area contributed by atoms with Crippen LogP contribution in [0, 0.1) is 23.7 Å². The van der Waals surface area contributed by atoms with E-state index in [9.17, 15) is 29.1 Å². The number of benzene rings is 2. The number of aromatic amines is 2. The van der Waals surface area contributed by atoms with Crippen molar-refractivity contribution in [3.05, 3.63) is 95.8 Å². The molecule has 17 heteroatoms. The van der Waals surface area contributed by atoms with E-state index in [0.29, 0.717) is 30.8 Å². The van der Waals surface area contributed by atoms with Crippen LogP contribution in [0.25, 0.3) is 0 Å². The van der Waals surface area contributed by atoms with Gasteiger partial charge in [0.25, 0.3) is 0 Å². The van der Waals surface area contributed by atoms with Crippen LogP contribution in [0.4, 0.5) is 0 Å². The van der Waals surface area contributed by atoms with Gasteiger partial charge in [-0.15, -0.1) is 5.10 Å². The van der Waals surface area contributed by atoms with Crippen molar-refractivity contribution in [2.45, 2.75) is 167 Å². The van der Waals surface area contributed by atoms with Crippen LogP contribution in [0.1, 0.15) is 140 Å². The minimum absolute atomic E-state index is 0.00206. The SMILES string of the molecule is CCCCCC(Cc1ccccc1)C(=O)N[C@@H](Cc1ccccc1)C(=O)N[C@@H](Cc1c[nH]cn1)C(=O)NCC(O)[C@H](C)[C@](NC(=O)CCCCCC1CCCCC1)(C(=O)NCc1nnn[nH]1)C(C)C. The van der Waals surface area contributed by atoms with E-state index in [1.165, 1.54) is 38.4 Å². The Labute approximate surface area is 407 Å². The van der Waals surface area contributed by atoms with E-state index in [1.807, 2.05) is 60.7 Å². The highest BCUT2D eigenvalue weighted by molar-refractivity contribution is 5.93. The van der Waals surface area contributed by atoms with Crippen molar-refractivity contribution < 1.29 is 29.1 Å². The molecule has 6 atom stereocenters. The highest BCUT2D eigenvalue weighted by Crippen LogP contribution is 2.31. The van der Waals surface area contributed by atoms with Gasteiger partial charge in [-0.1, -0.05) is 159 Å². The molecule has 1 aliphatic carbocycles. The van der Waals surface area contributed by atoms with E-state index in [0.717, 1.165) is 55.6 Å². The lowest BCUT2D eigenvalue weighted by atomic mass is 9.72. The lowest BCUT2D eigenvalue weighted by Crippen LogP contribution is -2.68. The summed E-state index contributed by atoms with van der Waals surface area (Å²) in [6.45, 7) is 7.02. The van der Waals surface area contributed by atoms with Gasteiger partial charge in [0.05, 0.1) is 24.7 Å². The zero-order valence-electron chi connectivity index (χ0n) is 41.2. The first-order valence-electron chi connectivity index (χ1n) is 25.3. The molecule has 1 fully saturated rings. The smallest absolute Gasteiger partial charge is 0.246 e. The van der Waals surface area contributed by atoms with Crippen LogP contribution < -0.4 is 26.6 Å². The number of imidazole rings is 1. The number of tetrazole rings is 1. The summed E-state index contributed by atoms with van der Waals surface area (Å²) in [6, 6.07) is 17.0. The molecule has 376 valence electrons. The van der Waals surface area contributed by atoms with Gasteiger partial charge in [0.15, 0.2) is 5.82 Å². The number of aliphatic hydroxyl groups excluding tert-OH is 1. The third kappa shape index (κ3) is 17.2. The van der Waals surface area contributed by atoms with Crippen molar-refractivity contribution in [1.82, 2.24) is 57.2 Å². The van der Waals surface area contributed by atoms with Crippen molar-refractivity contribution >= 4 is 29.5 Å². The third-order valence-electron chi connectivity index (χ3n) is 13.8. The van der Waals surface area contributed by atoms with E-state index in [-0.39, 0.29) is 50.1 Å². The summed E-state index contributed by atoms with van der Waals surface area (Å²) in [7, 11) is 0. The number of H-pyrrole nitrogens is 2. The summed E-state index contributed by atoms with van der Waals surface area (Å²) in [4.78, 5) is 78.2. The predicted molar refractivity (Wildman–Crippen MR) is 264 cm³/mol. The Bertz CT molecular complexity index is 2120. The minimum atomic E-state index is -1.61. The summed E-state index contributed by atoms with van der Waals surface area (Å²) < 4.78 is 0. The lowest BCUT2D eigenvalue weighted by Gasteiger charge is -2.43. The molecule has 5 rings (SSSR count). The molecule has 2 unspecified atom stereocenters. The Balaban J connectivity index is 1.30. The number of hydrogen-bond donors (Lipinski definition) is 8. The van der Waals surface area contributed by atoms with Gasteiger partial charge >= 0.3 is 0 Å². The molecule has 8 N–H and O–H groups in total. The van der Waals surface area contributed by atoms with Crippen molar-refractivity contribution in [1.29, 1.82) is 0 Å². The number of aromatic nitrogens is 6. The van der Waals surface area contributed by atoms with Gasteiger partial charge < -0.3 is 36.7 Å². The molecule has 0 spiro atoms. The van der Waals surface area contributed by atoms with Gasteiger partial charge in [0.1, 0.15) is 17.6 Å². The Morgan fingerprint density at radius 1 is 0.783 bits per heavy atom. The van der Waals surface area contributed by atoms with Crippen LogP contribution >= 0.6 is 0 Å². The molecular formula is C52H77N11O6.